The summed E-state index contributed by atoms with van der Waals surface area (Å²) in [5.41, 5.74) is 11.9. The number of aromatic nitrogens is 4. The highest BCUT2D eigenvalue weighted by Crippen LogP contribution is 2.54. The summed E-state index contributed by atoms with van der Waals surface area (Å²) in [6.45, 7) is 2.03. The first-order valence-corrected chi connectivity index (χ1v) is 10.0. The molecule has 0 radical (unpaired) electrons. The average molecular weight is 386 g/mol. The molecule has 0 saturated heterocycles. The second kappa shape index (κ2) is 6.15. The fourth-order valence-corrected chi connectivity index (χ4v) is 4.54. The summed E-state index contributed by atoms with van der Waals surface area (Å²) >= 11 is 0. The standard InChI is InChI=1S/C22H22N6O/c1-29-18-4-2-3-15-19(18)25-22(23)28-21(15)26-20(27-28)17-10-16(17)13-5-6-14-11-24-8-7-12(14)9-13/h2-6,9,16-17,24H,7-8,10-11H2,1H3,(H2,23,25). The van der Waals surface area contributed by atoms with Gasteiger partial charge in [-0.2, -0.15) is 4.52 Å². The molecule has 0 bridgehead atoms. The largest absolute Gasteiger partial charge is 0.494 e. The topological polar surface area (TPSA) is 90.4 Å². The van der Waals surface area contributed by atoms with E-state index in [0.717, 1.165) is 48.3 Å². The zero-order chi connectivity index (χ0) is 19.5. The van der Waals surface area contributed by atoms with Crippen molar-refractivity contribution in [3.63, 3.8) is 0 Å². The number of methoxy groups -OCH3 is 1. The normalized spacial score (nSPS) is 20.7. The third-order valence-corrected chi connectivity index (χ3v) is 6.19. The zero-order valence-electron chi connectivity index (χ0n) is 16.2. The summed E-state index contributed by atoms with van der Waals surface area (Å²) in [5, 5.41) is 9.04. The number of ether oxygens (including phenoxy) is 1. The lowest BCUT2D eigenvalue weighted by Gasteiger charge is -2.17. The lowest BCUT2D eigenvalue weighted by Crippen LogP contribution is -2.23. The fourth-order valence-electron chi connectivity index (χ4n) is 4.54. The van der Waals surface area contributed by atoms with Crippen LogP contribution in [0.5, 0.6) is 5.75 Å². The number of nitrogens with zero attached hydrogens (tertiary/aromatic N) is 4. The van der Waals surface area contributed by atoms with Crippen molar-refractivity contribution in [1.82, 2.24) is 24.9 Å². The van der Waals surface area contributed by atoms with Gasteiger partial charge in [0.1, 0.15) is 11.3 Å². The predicted octanol–water partition coefficient (Wildman–Crippen LogP) is 2.79. The highest BCUT2D eigenvalue weighted by Gasteiger charge is 2.43. The van der Waals surface area contributed by atoms with E-state index >= 15 is 0 Å². The molecule has 1 aliphatic carbocycles. The number of para-hydroxylation sites is 1. The van der Waals surface area contributed by atoms with E-state index in [4.69, 9.17) is 20.6 Å². The van der Waals surface area contributed by atoms with Crippen LogP contribution in [0.2, 0.25) is 0 Å². The second-order valence-corrected chi connectivity index (χ2v) is 7.94. The molecule has 1 saturated carbocycles. The maximum absolute atomic E-state index is 6.19. The minimum Gasteiger partial charge on any atom is -0.494 e. The Kier molecular flexibility index (Phi) is 3.55. The molecule has 1 aliphatic heterocycles. The molecule has 2 aliphatic rings. The van der Waals surface area contributed by atoms with Crippen molar-refractivity contribution >= 4 is 22.5 Å². The van der Waals surface area contributed by atoms with Crippen molar-refractivity contribution in [2.24, 2.45) is 0 Å². The van der Waals surface area contributed by atoms with Crippen LogP contribution >= 0.6 is 0 Å². The predicted molar refractivity (Wildman–Crippen MR) is 111 cm³/mol. The quantitative estimate of drug-likeness (QED) is 0.563. The monoisotopic (exact) mass is 386 g/mol. The minimum absolute atomic E-state index is 0.328. The summed E-state index contributed by atoms with van der Waals surface area (Å²) in [6.07, 6.45) is 2.17. The number of fused-ring (bicyclic) bond motifs is 4. The Balaban J connectivity index is 1.39. The van der Waals surface area contributed by atoms with Crippen LogP contribution in [-0.2, 0) is 13.0 Å². The van der Waals surface area contributed by atoms with E-state index in [0.29, 0.717) is 23.5 Å². The van der Waals surface area contributed by atoms with Crippen molar-refractivity contribution in [1.29, 1.82) is 0 Å². The van der Waals surface area contributed by atoms with Gasteiger partial charge in [-0.25, -0.2) is 9.97 Å². The third-order valence-electron chi connectivity index (χ3n) is 6.19. The summed E-state index contributed by atoms with van der Waals surface area (Å²) < 4.78 is 7.10. The molecule has 0 amide bonds. The van der Waals surface area contributed by atoms with E-state index in [1.807, 2.05) is 18.2 Å². The van der Waals surface area contributed by atoms with E-state index < -0.39 is 0 Å². The zero-order valence-corrected chi connectivity index (χ0v) is 16.2. The molecule has 1 fully saturated rings. The number of hydrogen-bond donors (Lipinski definition) is 2. The maximum atomic E-state index is 6.19. The van der Waals surface area contributed by atoms with Crippen LogP contribution in [-0.4, -0.2) is 33.2 Å². The van der Waals surface area contributed by atoms with Gasteiger partial charge in [-0.05, 0) is 54.1 Å². The van der Waals surface area contributed by atoms with Crippen LogP contribution in [0.15, 0.2) is 36.4 Å². The lowest BCUT2D eigenvalue weighted by molar-refractivity contribution is 0.419. The summed E-state index contributed by atoms with van der Waals surface area (Å²) in [4.78, 5) is 9.37. The first-order chi connectivity index (χ1) is 14.2. The van der Waals surface area contributed by atoms with E-state index in [1.54, 1.807) is 11.6 Å². The van der Waals surface area contributed by atoms with Crippen LogP contribution in [0.25, 0.3) is 16.6 Å². The van der Waals surface area contributed by atoms with Crippen LogP contribution in [0.3, 0.4) is 0 Å². The number of nitrogens with one attached hydrogen (secondary N) is 1. The summed E-state index contributed by atoms with van der Waals surface area (Å²) in [7, 11) is 1.63. The van der Waals surface area contributed by atoms with Gasteiger partial charge in [-0.15, -0.1) is 5.10 Å². The molecule has 2 atom stereocenters. The molecule has 4 aromatic rings. The third kappa shape index (κ3) is 2.57. The van der Waals surface area contributed by atoms with Crippen LogP contribution in [0.1, 0.15) is 40.8 Å². The Morgan fingerprint density at radius 1 is 1.14 bits per heavy atom. The molecule has 2 unspecified atom stereocenters. The molecule has 146 valence electrons. The van der Waals surface area contributed by atoms with Gasteiger partial charge in [0.25, 0.3) is 0 Å². The number of nitrogen functional groups attached to an aromatic ring is 1. The van der Waals surface area contributed by atoms with E-state index in [1.165, 1.54) is 16.7 Å². The van der Waals surface area contributed by atoms with E-state index in [2.05, 4.69) is 28.5 Å². The number of hydrogen-bond acceptors (Lipinski definition) is 6. The molecule has 6 rings (SSSR count). The molecule has 2 aromatic heterocycles. The Morgan fingerprint density at radius 2 is 2.07 bits per heavy atom. The first-order valence-electron chi connectivity index (χ1n) is 10.0. The molecular weight excluding hydrogens is 364 g/mol. The van der Waals surface area contributed by atoms with Crippen molar-refractivity contribution in [3.8, 4) is 5.75 Å². The summed E-state index contributed by atoms with van der Waals surface area (Å²) in [6, 6.07) is 12.7. The highest BCUT2D eigenvalue weighted by molar-refractivity contribution is 5.95. The highest BCUT2D eigenvalue weighted by atomic mass is 16.5. The van der Waals surface area contributed by atoms with Gasteiger partial charge in [0.15, 0.2) is 11.5 Å². The van der Waals surface area contributed by atoms with Gasteiger partial charge < -0.3 is 15.8 Å². The first kappa shape index (κ1) is 16.7. The second-order valence-electron chi connectivity index (χ2n) is 7.94. The average Bonchev–Trinajstić information content (AvgIpc) is 3.43. The number of anilines is 1. The SMILES string of the molecule is COc1cccc2c1nc(N)n1nc(C3CC3c3ccc4c(c3)CCNC4)nc21. The molecule has 7 nitrogen and oxygen atoms in total. The molecule has 3 heterocycles. The van der Waals surface area contributed by atoms with Crippen molar-refractivity contribution < 1.29 is 4.74 Å². The molecular formula is C22H22N6O. The summed E-state index contributed by atoms with van der Waals surface area (Å²) in [5.74, 6) is 2.67. The van der Waals surface area contributed by atoms with Crippen molar-refractivity contribution in [2.75, 3.05) is 19.4 Å². The smallest absolute Gasteiger partial charge is 0.223 e. The number of rotatable bonds is 3. The Labute approximate surface area is 167 Å². The van der Waals surface area contributed by atoms with Gasteiger partial charge in [0.2, 0.25) is 5.95 Å². The molecule has 29 heavy (non-hydrogen) atoms. The number of nitrogens with two attached hydrogens (primary N) is 1. The van der Waals surface area contributed by atoms with Gasteiger partial charge in [0.05, 0.1) is 7.11 Å². The Morgan fingerprint density at radius 3 is 2.97 bits per heavy atom. The lowest BCUT2D eigenvalue weighted by atomic mass is 9.96. The Hall–Kier alpha value is -3.19. The van der Waals surface area contributed by atoms with E-state index in [-0.39, 0.29) is 0 Å². The fraction of sp³-hybridized carbons (Fsp3) is 0.318. The van der Waals surface area contributed by atoms with Gasteiger partial charge in [-0.3, -0.25) is 0 Å². The molecule has 2 aromatic carbocycles. The molecule has 0 spiro atoms. The van der Waals surface area contributed by atoms with E-state index in [9.17, 15) is 0 Å². The van der Waals surface area contributed by atoms with Crippen LogP contribution in [0.4, 0.5) is 5.95 Å². The molecule has 7 heteroatoms. The molecule has 3 N–H and O–H groups in total. The van der Waals surface area contributed by atoms with Crippen LogP contribution in [0, 0.1) is 0 Å². The number of benzene rings is 2. The van der Waals surface area contributed by atoms with Crippen molar-refractivity contribution in [2.45, 2.75) is 31.2 Å². The minimum atomic E-state index is 0.328. The maximum Gasteiger partial charge on any atom is 0.223 e. The Bertz CT molecular complexity index is 1260. The van der Waals surface area contributed by atoms with Crippen LogP contribution < -0.4 is 15.8 Å². The van der Waals surface area contributed by atoms with Gasteiger partial charge >= 0.3 is 0 Å². The van der Waals surface area contributed by atoms with Crippen molar-refractivity contribution in [3.05, 3.63) is 58.9 Å². The van der Waals surface area contributed by atoms with Gasteiger partial charge in [-0.1, -0.05) is 24.3 Å². The van der Waals surface area contributed by atoms with Gasteiger partial charge in [0, 0.05) is 17.8 Å².